The number of rotatable bonds is 3. The molecule has 0 saturated heterocycles. The Balaban J connectivity index is 2.08. The molecular formula is C13H12IN5. The van der Waals surface area contributed by atoms with Crippen molar-refractivity contribution < 1.29 is 0 Å². The zero-order chi connectivity index (χ0) is 13.2. The zero-order valence-electron chi connectivity index (χ0n) is 10.3. The maximum Gasteiger partial charge on any atom is 0.194 e. The first-order valence-electron chi connectivity index (χ1n) is 5.88. The Hall–Kier alpha value is -1.70. The van der Waals surface area contributed by atoms with Gasteiger partial charge in [0, 0.05) is 29.6 Å². The second-order valence-electron chi connectivity index (χ2n) is 4.12. The first-order chi connectivity index (χ1) is 9.28. The quantitative estimate of drug-likeness (QED) is 0.573. The molecule has 1 N–H and O–H groups in total. The van der Waals surface area contributed by atoms with E-state index in [9.17, 15) is 0 Å². The molecule has 2 heterocycles. The molecule has 0 unspecified atom stereocenters. The summed E-state index contributed by atoms with van der Waals surface area (Å²) in [6.45, 7) is 0.709. The van der Waals surface area contributed by atoms with Crippen molar-refractivity contribution >= 4 is 39.4 Å². The lowest BCUT2D eigenvalue weighted by molar-refractivity contribution is 0.703. The molecule has 0 spiro atoms. The third kappa shape index (κ3) is 2.40. The van der Waals surface area contributed by atoms with Crippen molar-refractivity contribution in [3.8, 4) is 0 Å². The van der Waals surface area contributed by atoms with Crippen molar-refractivity contribution in [3.63, 3.8) is 0 Å². The van der Waals surface area contributed by atoms with E-state index in [0.717, 1.165) is 16.9 Å². The van der Waals surface area contributed by atoms with Gasteiger partial charge in [-0.25, -0.2) is 14.6 Å². The van der Waals surface area contributed by atoms with Gasteiger partial charge in [-0.1, -0.05) is 30.3 Å². The highest BCUT2D eigenvalue weighted by atomic mass is 127. The Labute approximate surface area is 124 Å². The third-order valence-electron chi connectivity index (χ3n) is 2.88. The van der Waals surface area contributed by atoms with E-state index in [4.69, 9.17) is 0 Å². The molecule has 0 saturated carbocycles. The highest BCUT2D eigenvalue weighted by Crippen LogP contribution is 2.20. The summed E-state index contributed by atoms with van der Waals surface area (Å²) in [7, 11) is 1.85. The highest BCUT2D eigenvalue weighted by Gasteiger charge is 2.11. The molecule has 0 fully saturated rings. The smallest absolute Gasteiger partial charge is 0.194 e. The summed E-state index contributed by atoms with van der Waals surface area (Å²) in [6, 6.07) is 10.2. The summed E-state index contributed by atoms with van der Waals surface area (Å²) < 4.78 is 2.61. The molecule has 0 aliphatic carbocycles. The van der Waals surface area contributed by atoms with E-state index in [-0.39, 0.29) is 0 Å². The van der Waals surface area contributed by atoms with E-state index in [1.54, 1.807) is 6.20 Å². The lowest BCUT2D eigenvalue weighted by Gasteiger charge is -2.05. The standard InChI is InChI=1S/C13H12IN5/c1-15-11-10-7-16-19(12(10)18-13(14)17-11)8-9-5-3-2-4-6-9/h2-7H,8H2,1H3,(H,15,17,18). The van der Waals surface area contributed by atoms with E-state index >= 15 is 0 Å². The number of anilines is 1. The average molecular weight is 365 g/mol. The van der Waals surface area contributed by atoms with Crippen LogP contribution in [0.15, 0.2) is 36.5 Å². The Bertz CT molecular complexity index is 708. The van der Waals surface area contributed by atoms with Crippen LogP contribution in [0.25, 0.3) is 11.0 Å². The largest absolute Gasteiger partial charge is 0.372 e. The number of aromatic nitrogens is 4. The number of nitrogens with zero attached hydrogens (tertiary/aromatic N) is 4. The topological polar surface area (TPSA) is 55.6 Å². The lowest BCUT2D eigenvalue weighted by Crippen LogP contribution is -2.04. The second-order valence-corrected chi connectivity index (χ2v) is 5.08. The van der Waals surface area contributed by atoms with Gasteiger partial charge < -0.3 is 5.32 Å². The van der Waals surface area contributed by atoms with E-state index < -0.39 is 0 Å². The molecule has 0 atom stereocenters. The van der Waals surface area contributed by atoms with Gasteiger partial charge in [-0.15, -0.1) is 0 Å². The monoisotopic (exact) mass is 365 g/mol. The molecule has 0 amide bonds. The van der Waals surface area contributed by atoms with Crippen molar-refractivity contribution in [3.05, 3.63) is 45.9 Å². The van der Waals surface area contributed by atoms with Crippen LogP contribution in [0.1, 0.15) is 5.56 Å². The van der Waals surface area contributed by atoms with Crippen molar-refractivity contribution in [2.45, 2.75) is 6.54 Å². The molecule has 0 aliphatic rings. The molecule has 96 valence electrons. The molecule has 1 aromatic carbocycles. The maximum absolute atomic E-state index is 4.48. The summed E-state index contributed by atoms with van der Waals surface area (Å²) >= 11 is 2.12. The van der Waals surface area contributed by atoms with Gasteiger partial charge in [0.1, 0.15) is 5.82 Å². The summed E-state index contributed by atoms with van der Waals surface area (Å²) in [5.74, 6) is 0.814. The second kappa shape index (κ2) is 5.12. The van der Waals surface area contributed by atoms with Gasteiger partial charge in [0.05, 0.1) is 18.1 Å². The molecule has 0 bridgehead atoms. The van der Waals surface area contributed by atoms with Crippen molar-refractivity contribution in [1.29, 1.82) is 0 Å². The minimum absolute atomic E-state index is 0.709. The SMILES string of the molecule is CNc1nc(I)nc2c1cnn2Cc1ccccc1. The minimum atomic E-state index is 0.709. The maximum atomic E-state index is 4.48. The van der Waals surface area contributed by atoms with Gasteiger partial charge >= 0.3 is 0 Å². The number of nitrogens with one attached hydrogen (secondary N) is 1. The van der Waals surface area contributed by atoms with Crippen LogP contribution >= 0.6 is 22.6 Å². The summed E-state index contributed by atoms with van der Waals surface area (Å²) in [6.07, 6.45) is 1.81. The molecule has 2 aromatic heterocycles. The Morgan fingerprint density at radius 3 is 2.74 bits per heavy atom. The van der Waals surface area contributed by atoms with Crippen LogP contribution in [-0.4, -0.2) is 26.8 Å². The molecular weight excluding hydrogens is 353 g/mol. The average Bonchev–Trinajstić information content (AvgIpc) is 2.82. The van der Waals surface area contributed by atoms with Gasteiger partial charge in [0.25, 0.3) is 0 Å². The number of hydrogen-bond donors (Lipinski definition) is 1. The van der Waals surface area contributed by atoms with Crippen LogP contribution in [0.3, 0.4) is 0 Å². The number of hydrogen-bond acceptors (Lipinski definition) is 4. The lowest BCUT2D eigenvalue weighted by atomic mass is 10.2. The van der Waals surface area contributed by atoms with Crippen LogP contribution in [0.2, 0.25) is 0 Å². The van der Waals surface area contributed by atoms with Crippen molar-refractivity contribution in [2.75, 3.05) is 12.4 Å². The van der Waals surface area contributed by atoms with Gasteiger partial charge in [-0.3, -0.25) is 0 Å². The Morgan fingerprint density at radius 2 is 2.00 bits per heavy atom. The fourth-order valence-corrected chi connectivity index (χ4v) is 2.46. The van der Waals surface area contributed by atoms with E-state index in [1.165, 1.54) is 5.56 Å². The first-order valence-corrected chi connectivity index (χ1v) is 6.96. The Kier molecular flexibility index (Phi) is 3.33. The third-order valence-corrected chi connectivity index (χ3v) is 3.36. The molecule has 19 heavy (non-hydrogen) atoms. The molecule has 0 aliphatic heterocycles. The van der Waals surface area contributed by atoms with Crippen LogP contribution in [0.5, 0.6) is 0 Å². The van der Waals surface area contributed by atoms with Crippen LogP contribution < -0.4 is 5.32 Å². The molecule has 5 nitrogen and oxygen atoms in total. The Morgan fingerprint density at radius 1 is 1.21 bits per heavy atom. The van der Waals surface area contributed by atoms with E-state index in [2.05, 4.69) is 55.1 Å². The summed E-state index contributed by atoms with van der Waals surface area (Å²) in [4.78, 5) is 8.83. The fraction of sp³-hybridized carbons (Fsp3) is 0.154. The zero-order valence-corrected chi connectivity index (χ0v) is 12.5. The highest BCUT2D eigenvalue weighted by molar-refractivity contribution is 14.1. The van der Waals surface area contributed by atoms with Gasteiger partial charge in [0.15, 0.2) is 9.48 Å². The normalized spacial score (nSPS) is 10.8. The molecule has 3 aromatic rings. The van der Waals surface area contributed by atoms with Gasteiger partial charge in [-0.2, -0.15) is 5.10 Å². The van der Waals surface area contributed by atoms with E-state index in [0.29, 0.717) is 10.4 Å². The van der Waals surface area contributed by atoms with Crippen molar-refractivity contribution in [2.24, 2.45) is 0 Å². The van der Waals surface area contributed by atoms with Gasteiger partial charge in [0.2, 0.25) is 0 Å². The number of halogens is 1. The predicted molar refractivity (Wildman–Crippen MR) is 83.1 cm³/mol. The summed E-state index contributed by atoms with van der Waals surface area (Å²) in [5.41, 5.74) is 2.06. The van der Waals surface area contributed by atoms with Gasteiger partial charge in [-0.05, 0) is 5.56 Å². The molecule has 6 heteroatoms. The number of fused-ring (bicyclic) bond motifs is 1. The predicted octanol–water partition coefficient (Wildman–Crippen LogP) is 2.52. The number of benzene rings is 1. The van der Waals surface area contributed by atoms with Crippen molar-refractivity contribution in [1.82, 2.24) is 19.7 Å². The van der Waals surface area contributed by atoms with Crippen LogP contribution in [-0.2, 0) is 6.54 Å². The van der Waals surface area contributed by atoms with Crippen LogP contribution in [0.4, 0.5) is 5.82 Å². The summed E-state index contributed by atoms with van der Waals surface area (Å²) in [5, 5.41) is 8.43. The fourth-order valence-electron chi connectivity index (χ4n) is 1.99. The molecule has 0 radical (unpaired) electrons. The molecule has 3 rings (SSSR count). The minimum Gasteiger partial charge on any atom is -0.372 e. The van der Waals surface area contributed by atoms with E-state index in [1.807, 2.05) is 29.9 Å². The first kappa shape index (κ1) is 12.3. The van der Waals surface area contributed by atoms with Crippen LogP contribution in [0, 0.1) is 3.83 Å².